The van der Waals surface area contributed by atoms with Gasteiger partial charge in [-0.2, -0.15) is 0 Å². The molecule has 0 aliphatic rings. The lowest BCUT2D eigenvalue weighted by Crippen LogP contribution is -2.26. The summed E-state index contributed by atoms with van der Waals surface area (Å²) in [4.78, 5) is 21.9. The first-order valence-corrected chi connectivity index (χ1v) is 5.33. The van der Waals surface area contributed by atoms with Gasteiger partial charge in [-0.25, -0.2) is 0 Å². The van der Waals surface area contributed by atoms with Crippen LogP contribution in [0.1, 0.15) is 6.92 Å². The lowest BCUT2D eigenvalue weighted by Gasteiger charge is -2.10. The second-order valence-electron chi connectivity index (χ2n) is 3.77. The number of amides is 1. The molecule has 3 N–H and O–H groups in total. The number of anilines is 1. The van der Waals surface area contributed by atoms with Crippen molar-refractivity contribution in [3.05, 3.63) is 28.3 Å². The lowest BCUT2D eigenvalue weighted by atomic mass is 10.1. The maximum Gasteiger partial charge on any atom is 0.296 e. The Balaban J connectivity index is 3.01. The van der Waals surface area contributed by atoms with Gasteiger partial charge in [0, 0.05) is 12.5 Å². The largest absolute Gasteiger partial charge is 0.496 e. The van der Waals surface area contributed by atoms with E-state index < -0.39 is 10.8 Å². The highest BCUT2D eigenvalue weighted by atomic mass is 16.6. The summed E-state index contributed by atoms with van der Waals surface area (Å²) in [6.45, 7) is 1.82. The molecule has 0 aliphatic heterocycles. The standard InChI is InChI=1S/C11H15N3O4/c1-7(6-12)11(15)13-9-4-3-8(18-2)5-10(9)14(16)17/h3-5,7H,6,12H2,1-2H3,(H,13,15). The number of nitrogens with two attached hydrogens (primary N) is 1. The summed E-state index contributed by atoms with van der Waals surface area (Å²) < 4.78 is 4.90. The van der Waals surface area contributed by atoms with Crippen LogP contribution in [0.3, 0.4) is 0 Å². The zero-order valence-corrected chi connectivity index (χ0v) is 10.2. The van der Waals surface area contributed by atoms with Crippen LogP contribution in [0.15, 0.2) is 18.2 Å². The number of hydrogen-bond acceptors (Lipinski definition) is 5. The zero-order valence-electron chi connectivity index (χ0n) is 10.2. The monoisotopic (exact) mass is 253 g/mol. The van der Waals surface area contributed by atoms with Crippen LogP contribution in [0.4, 0.5) is 11.4 Å². The molecule has 0 saturated heterocycles. The molecule has 1 unspecified atom stereocenters. The number of methoxy groups -OCH3 is 1. The molecule has 0 saturated carbocycles. The molecule has 0 heterocycles. The molecule has 0 radical (unpaired) electrons. The molecule has 0 bridgehead atoms. The molecule has 0 aromatic heterocycles. The minimum Gasteiger partial charge on any atom is -0.496 e. The maximum atomic E-state index is 11.6. The van der Waals surface area contributed by atoms with E-state index in [1.165, 1.54) is 25.3 Å². The van der Waals surface area contributed by atoms with E-state index in [9.17, 15) is 14.9 Å². The number of nitrogens with one attached hydrogen (secondary N) is 1. The first-order valence-electron chi connectivity index (χ1n) is 5.33. The Hall–Kier alpha value is -2.15. The van der Waals surface area contributed by atoms with Crippen molar-refractivity contribution in [2.24, 2.45) is 11.7 Å². The van der Waals surface area contributed by atoms with Crippen molar-refractivity contribution < 1.29 is 14.5 Å². The molecule has 1 rings (SSSR count). The Kier molecular flexibility index (Phi) is 4.61. The summed E-state index contributed by atoms with van der Waals surface area (Å²) in [5, 5.41) is 13.4. The first kappa shape index (κ1) is 13.9. The fourth-order valence-electron chi connectivity index (χ4n) is 1.26. The summed E-state index contributed by atoms with van der Waals surface area (Å²) in [6, 6.07) is 4.22. The molecule has 0 aliphatic carbocycles. The third-order valence-corrected chi connectivity index (χ3v) is 2.46. The first-order chi connectivity index (χ1) is 8.49. The van der Waals surface area contributed by atoms with E-state index in [1.54, 1.807) is 6.92 Å². The van der Waals surface area contributed by atoms with Crippen molar-refractivity contribution >= 4 is 17.3 Å². The van der Waals surface area contributed by atoms with Gasteiger partial charge in [0.15, 0.2) is 0 Å². The fourth-order valence-corrected chi connectivity index (χ4v) is 1.26. The molecule has 0 fully saturated rings. The van der Waals surface area contributed by atoms with Gasteiger partial charge in [-0.3, -0.25) is 14.9 Å². The molecule has 0 spiro atoms. The van der Waals surface area contributed by atoms with E-state index in [-0.39, 0.29) is 23.8 Å². The van der Waals surface area contributed by atoms with Gasteiger partial charge in [-0.1, -0.05) is 6.92 Å². The lowest BCUT2D eigenvalue weighted by molar-refractivity contribution is -0.384. The topological polar surface area (TPSA) is 107 Å². The predicted octanol–water partition coefficient (Wildman–Crippen LogP) is 1.14. The third-order valence-electron chi connectivity index (χ3n) is 2.46. The van der Waals surface area contributed by atoms with Crippen LogP contribution in [-0.4, -0.2) is 24.5 Å². The van der Waals surface area contributed by atoms with Crippen LogP contribution in [0, 0.1) is 16.0 Å². The van der Waals surface area contributed by atoms with Gasteiger partial charge in [-0.05, 0) is 12.1 Å². The molecule has 1 aromatic carbocycles. The third kappa shape index (κ3) is 3.17. The van der Waals surface area contributed by atoms with Crippen LogP contribution < -0.4 is 15.8 Å². The number of carbonyl (C=O) groups is 1. The molecule has 1 amide bonds. The summed E-state index contributed by atoms with van der Waals surface area (Å²) in [5.74, 6) is -0.413. The van der Waals surface area contributed by atoms with Crippen molar-refractivity contribution in [2.45, 2.75) is 6.92 Å². The van der Waals surface area contributed by atoms with Crippen LogP contribution >= 0.6 is 0 Å². The highest BCUT2D eigenvalue weighted by Crippen LogP contribution is 2.29. The zero-order chi connectivity index (χ0) is 13.7. The number of rotatable bonds is 5. The smallest absolute Gasteiger partial charge is 0.296 e. The molecule has 1 aromatic rings. The number of nitro benzene ring substituents is 1. The van der Waals surface area contributed by atoms with Gasteiger partial charge < -0.3 is 15.8 Å². The number of nitrogens with zero attached hydrogens (tertiary/aromatic N) is 1. The van der Waals surface area contributed by atoms with Crippen molar-refractivity contribution in [3.8, 4) is 5.75 Å². The van der Waals surface area contributed by atoms with Crippen LogP contribution in [0.5, 0.6) is 5.75 Å². The molecular weight excluding hydrogens is 238 g/mol. The van der Waals surface area contributed by atoms with E-state index in [0.29, 0.717) is 5.75 Å². The van der Waals surface area contributed by atoms with Crippen molar-refractivity contribution in [1.29, 1.82) is 0 Å². The van der Waals surface area contributed by atoms with Crippen LogP contribution in [0.2, 0.25) is 0 Å². The van der Waals surface area contributed by atoms with Gasteiger partial charge in [0.25, 0.3) is 5.69 Å². The second kappa shape index (κ2) is 5.97. The maximum absolute atomic E-state index is 11.6. The number of ether oxygens (including phenoxy) is 1. The number of nitro groups is 1. The molecule has 7 heteroatoms. The van der Waals surface area contributed by atoms with Gasteiger partial charge in [-0.15, -0.1) is 0 Å². The minimum absolute atomic E-state index is 0.131. The molecule has 7 nitrogen and oxygen atoms in total. The van der Waals surface area contributed by atoms with Crippen molar-refractivity contribution in [1.82, 2.24) is 0 Å². The highest BCUT2D eigenvalue weighted by Gasteiger charge is 2.19. The summed E-state index contributed by atoms with van der Waals surface area (Å²) in [7, 11) is 1.41. The average molecular weight is 253 g/mol. The average Bonchev–Trinajstić information content (AvgIpc) is 2.37. The normalized spacial score (nSPS) is 11.7. The summed E-state index contributed by atoms with van der Waals surface area (Å²) in [5.41, 5.74) is 5.27. The molecular formula is C11H15N3O4. The molecule has 1 atom stereocenters. The minimum atomic E-state index is -0.578. The number of carbonyl (C=O) groups excluding carboxylic acids is 1. The Labute approximate surface area is 104 Å². The van der Waals surface area contributed by atoms with Gasteiger partial charge in [0.1, 0.15) is 11.4 Å². The summed E-state index contributed by atoms with van der Waals surface area (Å²) in [6.07, 6.45) is 0. The Morgan fingerprint density at radius 2 is 2.28 bits per heavy atom. The van der Waals surface area contributed by atoms with Crippen LogP contribution in [-0.2, 0) is 4.79 Å². The van der Waals surface area contributed by atoms with Gasteiger partial charge in [0.05, 0.1) is 18.1 Å². The van der Waals surface area contributed by atoms with E-state index in [1.807, 2.05) is 0 Å². The Morgan fingerprint density at radius 1 is 1.61 bits per heavy atom. The Morgan fingerprint density at radius 3 is 2.78 bits per heavy atom. The number of benzene rings is 1. The van der Waals surface area contributed by atoms with E-state index in [0.717, 1.165) is 0 Å². The van der Waals surface area contributed by atoms with E-state index in [4.69, 9.17) is 10.5 Å². The fraction of sp³-hybridized carbons (Fsp3) is 0.364. The Bertz CT molecular complexity index is 462. The van der Waals surface area contributed by atoms with Crippen LogP contribution in [0.25, 0.3) is 0 Å². The quantitative estimate of drug-likeness (QED) is 0.604. The van der Waals surface area contributed by atoms with E-state index >= 15 is 0 Å². The molecule has 18 heavy (non-hydrogen) atoms. The van der Waals surface area contributed by atoms with Gasteiger partial charge >= 0.3 is 0 Å². The van der Waals surface area contributed by atoms with Crippen molar-refractivity contribution in [3.63, 3.8) is 0 Å². The van der Waals surface area contributed by atoms with E-state index in [2.05, 4.69) is 5.32 Å². The second-order valence-corrected chi connectivity index (χ2v) is 3.77. The van der Waals surface area contributed by atoms with Crippen molar-refractivity contribution in [2.75, 3.05) is 19.0 Å². The SMILES string of the molecule is COc1ccc(NC(=O)C(C)CN)c([N+](=O)[O-])c1. The van der Waals surface area contributed by atoms with Gasteiger partial charge in [0.2, 0.25) is 5.91 Å². The predicted molar refractivity (Wildman–Crippen MR) is 66.5 cm³/mol. The number of hydrogen-bond donors (Lipinski definition) is 2. The summed E-state index contributed by atoms with van der Waals surface area (Å²) >= 11 is 0. The highest BCUT2D eigenvalue weighted by molar-refractivity contribution is 5.94. The molecule has 98 valence electrons.